The molecule has 18 nitrogen and oxygen atoms in total. The third-order valence-corrected chi connectivity index (χ3v) is 23.9. The van der Waals surface area contributed by atoms with Crippen LogP contribution in [0.25, 0.3) is 182 Å². The van der Waals surface area contributed by atoms with E-state index in [1.165, 1.54) is 0 Å². The van der Waals surface area contributed by atoms with Gasteiger partial charge >= 0.3 is 11.9 Å². The first-order valence-electron chi connectivity index (χ1n) is 41.8. The van der Waals surface area contributed by atoms with Gasteiger partial charge in [0.15, 0.2) is 0 Å². The van der Waals surface area contributed by atoms with Gasteiger partial charge in [-0.25, -0.2) is 29.5 Å². The Morgan fingerprint density at radius 2 is 0.456 bits per heavy atom. The van der Waals surface area contributed by atoms with Crippen molar-refractivity contribution in [2.75, 3.05) is 29.6 Å². The summed E-state index contributed by atoms with van der Waals surface area (Å²) >= 11 is 0. The highest BCUT2D eigenvalue weighted by molar-refractivity contribution is 6.05. The van der Waals surface area contributed by atoms with Crippen LogP contribution in [0.4, 0.5) is 29.2 Å². The van der Waals surface area contributed by atoms with Crippen molar-refractivity contribution < 1.29 is 19.8 Å². The number of carboxylic acids is 2. The Hall–Kier alpha value is -15.7. The van der Waals surface area contributed by atoms with Crippen molar-refractivity contribution in [1.29, 1.82) is 0 Å². The van der Waals surface area contributed by atoms with Crippen LogP contribution in [0, 0.1) is 83.1 Å². The number of rotatable bonds is 15. The fourth-order valence-corrected chi connectivity index (χ4v) is 18.9. The minimum atomic E-state index is -0.998. The lowest BCUT2D eigenvalue weighted by Crippen LogP contribution is -2.15. The van der Waals surface area contributed by atoms with Gasteiger partial charge in [-0.2, -0.15) is 15.0 Å². The molecule has 0 radical (unpaired) electrons. The molecule has 8 aromatic carbocycles. The molecule has 0 saturated heterocycles. The molecule has 7 aromatic heterocycles. The van der Waals surface area contributed by atoms with Gasteiger partial charge in [-0.05, 0) is 318 Å². The van der Waals surface area contributed by atoms with Crippen LogP contribution in [0.15, 0.2) is 194 Å². The number of aromatic nitrogens is 11. The summed E-state index contributed by atoms with van der Waals surface area (Å²) in [6, 6.07) is 65.3. The number of nitrogens with one attached hydrogen (secondary N) is 6. The van der Waals surface area contributed by atoms with Crippen LogP contribution in [0.1, 0.15) is 133 Å². The maximum atomic E-state index is 12.3. The number of nitrogens with zero attached hydrogens (tertiary/aromatic N) is 8. The van der Waals surface area contributed by atoms with E-state index in [9.17, 15) is 19.8 Å². The number of aromatic carboxylic acids is 2. The predicted octanol–water partition coefficient (Wildman–Crippen LogP) is 25.8. The van der Waals surface area contributed by atoms with Gasteiger partial charge in [-0.15, -0.1) is 0 Å². The largest absolute Gasteiger partial charge is 0.478 e. The van der Waals surface area contributed by atoms with Crippen molar-refractivity contribution in [3.8, 4) is 89.0 Å². The lowest BCUT2D eigenvalue weighted by atomic mass is 9.92. The van der Waals surface area contributed by atoms with Crippen molar-refractivity contribution in [3.05, 3.63) is 318 Å². The fourth-order valence-electron chi connectivity index (χ4n) is 18.9. The highest BCUT2D eigenvalue weighted by Gasteiger charge is 2.27. The standard InChI is InChI=1S/C107H90N14O4/c1-55-47-59(5)91(60(6)48-55)99-83-39-31-75(110-83)95(67-15-19-71(20-16-67)103(122)123)76-32-40-84(111-76)100(92-61(7)49-56(2)50-62(92)8)88-44-36-80(115-88)97(79-35-43-87(99)114-79)69-23-27-73(28-24-69)108-105-118-106(120-107(119-105)121(13)14)109-74-29-25-70(26-30-74)98-81-37-45-89(116-81)101(93-63(9)51-57(3)52-64(93)10)85-41-33-77(112-85)96(68-17-21-72(22-18-68)104(124)125)78-34-42-86(113-78)102(90-46-38-82(98)117-90)94-65(11)53-58(4)54-66(94)12/h15-54,110,112,115,117H,1-14H3,(H,122,123)(H,124,125)(H2,108,109,118,119,120). The molecule has 0 saturated carbocycles. The average Bonchev–Trinajstić information content (AvgIpc) is 1.66. The highest BCUT2D eigenvalue weighted by atomic mass is 16.4. The first-order valence-corrected chi connectivity index (χ1v) is 41.8. The lowest BCUT2D eigenvalue weighted by molar-refractivity contribution is 0.0686. The monoisotopic (exact) mass is 1630 g/mol. The van der Waals surface area contributed by atoms with Crippen molar-refractivity contribution in [2.24, 2.45) is 0 Å². The van der Waals surface area contributed by atoms with E-state index in [2.05, 4.69) is 284 Å². The Balaban J connectivity index is 0.722. The van der Waals surface area contributed by atoms with Crippen LogP contribution in [-0.2, 0) is 0 Å². The van der Waals surface area contributed by atoms with Gasteiger partial charge in [-0.3, -0.25) is 0 Å². The van der Waals surface area contributed by atoms with E-state index in [1.54, 1.807) is 24.3 Å². The molecule has 612 valence electrons. The number of hydrogen-bond acceptors (Lipinski definition) is 12. The number of hydrogen-bond donors (Lipinski definition) is 8. The molecule has 0 spiro atoms. The molecular weight excluding hydrogens is 1550 g/mol. The van der Waals surface area contributed by atoms with E-state index in [4.69, 9.17) is 34.9 Å². The number of benzene rings is 8. The second-order valence-electron chi connectivity index (χ2n) is 33.4. The van der Waals surface area contributed by atoms with Gasteiger partial charge < -0.3 is 45.7 Å². The Morgan fingerprint density at radius 3 is 0.664 bits per heavy atom. The van der Waals surface area contributed by atoms with Gasteiger partial charge in [0, 0.05) is 114 Å². The van der Waals surface area contributed by atoms with Crippen LogP contribution in [0.3, 0.4) is 0 Å². The Labute approximate surface area is 723 Å². The van der Waals surface area contributed by atoms with E-state index in [0.29, 0.717) is 17.8 Å². The van der Waals surface area contributed by atoms with E-state index in [1.807, 2.05) is 67.5 Å². The summed E-state index contributed by atoms with van der Waals surface area (Å²) in [6.07, 6.45) is 16.7. The number of anilines is 5. The number of aromatic amines is 4. The van der Waals surface area contributed by atoms with Crippen LogP contribution in [-0.4, -0.2) is 91.1 Å². The number of carbonyl (C=O) groups is 2. The molecule has 16 bridgehead atoms. The second-order valence-corrected chi connectivity index (χ2v) is 33.4. The van der Waals surface area contributed by atoms with Gasteiger partial charge in [-0.1, -0.05) is 119 Å². The molecule has 0 fully saturated rings. The molecule has 125 heavy (non-hydrogen) atoms. The molecule has 0 aliphatic carbocycles. The third kappa shape index (κ3) is 14.7. The fraction of sp³-hybridized carbons (Fsp3) is 0.131. The summed E-state index contributed by atoms with van der Waals surface area (Å²) in [5.41, 5.74) is 43.0. The highest BCUT2D eigenvalue weighted by Crippen LogP contribution is 2.46. The van der Waals surface area contributed by atoms with E-state index in [0.717, 1.165) is 257 Å². The minimum absolute atomic E-state index is 0.193. The third-order valence-electron chi connectivity index (χ3n) is 23.9. The molecule has 0 unspecified atom stereocenters. The van der Waals surface area contributed by atoms with Crippen molar-refractivity contribution in [1.82, 2.24) is 54.8 Å². The molecule has 8 N–H and O–H groups in total. The van der Waals surface area contributed by atoms with E-state index < -0.39 is 11.9 Å². The Kier molecular flexibility index (Phi) is 19.9. The quantitative estimate of drug-likeness (QED) is 0.0475. The first-order chi connectivity index (χ1) is 60.3. The molecule has 4 aliphatic rings. The lowest BCUT2D eigenvalue weighted by Gasteiger charge is -2.15. The second kappa shape index (κ2) is 31.4. The smallest absolute Gasteiger partial charge is 0.335 e. The molecule has 15 aromatic rings. The van der Waals surface area contributed by atoms with Crippen LogP contribution < -0.4 is 15.5 Å². The van der Waals surface area contributed by atoms with Crippen LogP contribution in [0.5, 0.6) is 0 Å². The normalized spacial score (nSPS) is 12.1. The maximum absolute atomic E-state index is 12.3. The molecule has 0 amide bonds. The number of aryl methyl sites for hydroxylation is 12. The zero-order valence-electron chi connectivity index (χ0n) is 71.9. The number of H-pyrrole nitrogens is 4. The van der Waals surface area contributed by atoms with Crippen molar-refractivity contribution >= 4 is 134 Å². The molecule has 4 aliphatic heterocycles. The van der Waals surface area contributed by atoms with Crippen LogP contribution >= 0.6 is 0 Å². The topological polar surface area (TPSA) is 255 Å². The summed E-state index contributed by atoms with van der Waals surface area (Å²) in [5, 5.41) is 27.2. The summed E-state index contributed by atoms with van der Waals surface area (Å²) in [4.78, 5) is 79.4. The summed E-state index contributed by atoms with van der Waals surface area (Å²) in [7, 11) is 3.81. The molecule has 18 heteroatoms. The van der Waals surface area contributed by atoms with Crippen LogP contribution in [0.2, 0.25) is 0 Å². The summed E-state index contributed by atoms with van der Waals surface area (Å²) in [6.45, 7) is 25.7. The molecule has 19 rings (SSSR count). The summed E-state index contributed by atoms with van der Waals surface area (Å²) in [5.74, 6) is -0.907. The molecule has 11 heterocycles. The zero-order valence-corrected chi connectivity index (χ0v) is 71.9. The predicted molar refractivity (Wildman–Crippen MR) is 513 cm³/mol. The van der Waals surface area contributed by atoms with Gasteiger partial charge in [0.05, 0.1) is 56.7 Å². The van der Waals surface area contributed by atoms with Crippen molar-refractivity contribution in [2.45, 2.75) is 83.1 Å². The molecular formula is C107H90N14O4. The van der Waals surface area contributed by atoms with E-state index >= 15 is 0 Å². The van der Waals surface area contributed by atoms with Crippen molar-refractivity contribution in [3.63, 3.8) is 0 Å². The van der Waals surface area contributed by atoms with Gasteiger partial charge in [0.1, 0.15) is 0 Å². The SMILES string of the molecule is Cc1cc(C)c(-c2c3nc(c(-c4ccc(C(=O)O)cc4)c4ccc([nH]4)c(-c4c(C)cc(C)cc4C)c4nc(c(-c5ccc(Nc6nc(Nc7ccc(-c8c9nc(c(-c%10c(C)cc(C)cc%10C)c%10ccc([nH]%10)c(-c%10ccc(C(=O)O)cc%10)c%10nc(c(-c%11c(C)cc(C)cc%11C)c%11ccc8[nH]%11)C=C%10)C=C9)cc7)nc(N(C)C)n6)cc5)c5ccc2[nH]5)C=C4)C=C3)c(C)c1. The minimum Gasteiger partial charge on any atom is -0.478 e. The Morgan fingerprint density at radius 1 is 0.256 bits per heavy atom. The van der Waals surface area contributed by atoms with Gasteiger partial charge in [0.2, 0.25) is 17.8 Å². The average molecular weight is 1640 g/mol. The summed E-state index contributed by atoms with van der Waals surface area (Å²) < 4.78 is 0. The number of fused-ring (bicyclic) bond motifs is 16. The maximum Gasteiger partial charge on any atom is 0.335 e. The van der Waals surface area contributed by atoms with Gasteiger partial charge in [0.25, 0.3) is 0 Å². The van der Waals surface area contributed by atoms with E-state index in [-0.39, 0.29) is 11.1 Å². The number of carboxylic acid groups (broad SMARTS) is 2. The zero-order chi connectivity index (χ0) is 86.7. The molecule has 0 atom stereocenters. The Bertz CT molecular complexity index is 6970. The first kappa shape index (κ1) is 79.1.